The molecule has 1 aromatic carbocycles. The third kappa shape index (κ3) is 3.27. The zero-order chi connectivity index (χ0) is 24.9. The van der Waals surface area contributed by atoms with Crippen LogP contribution in [0.2, 0.25) is 0 Å². The Kier molecular flexibility index (Phi) is 5.28. The SMILES string of the molecule is CC1(C)OB(c2ccc3c(c2)N(C2CC(N4C5CCC4COC5)C2)C(=O)C32CCNCC2)OC1(C)C. The lowest BCUT2D eigenvalue weighted by Gasteiger charge is -2.50. The highest BCUT2D eigenvalue weighted by molar-refractivity contribution is 6.62. The number of hydrogen-bond donors (Lipinski definition) is 1. The van der Waals surface area contributed by atoms with Gasteiger partial charge in [-0.3, -0.25) is 9.69 Å². The van der Waals surface area contributed by atoms with E-state index in [4.69, 9.17) is 14.0 Å². The number of nitrogens with one attached hydrogen (secondary N) is 1. The zero-order valence-corrected chi connectivity index (χ0v) is 22.2. The van der Waals surface area contributed by atoms with Crippen molar-refractivity contribution < 1.29 is 18.8 Å². The van der Waals surface area contributed by atoms with Crippen LogP contribution >= 0.6 is 0 Å². The van der Waals surface area contributed by atoms with E-state index in [0.29, 0.717) is 24.0 Å². The lowest BCUT2D eigenvalue weighted by atomic mass is 9.72. The smallest absolute Gasteiger partial charge is 0.399 e. The second-order valence-corrected chi connectivity index (χ2v) is 13.0. The number of fused-ring (bicyclic) bond motifs is 4. The second-order valence-electron chi connectivity index (χ2n) is 13.0. The fourth-order valence-corrected chi connectivity index (χ4v) is 7.70. The Morgan fingerprint density at radius 2 is 1.56 bits per heavy atom. The van der Waals surface area contributed by atoms with Crippen LogP contribution < -0.4 is 15.7 Å². The molecule has 1 saturated carbocycles. The largest absolute Gasteiger partial charge is 0.494 e. The van der Waals surface area contributed by atoms with Gasteiger partial charge in [0.15, 0.2) is 0 Å². The van der Waals surface area contributed by atoms with E-state index >= 15 is 0 Å². The summed E-state index contributed by atoms with van der Waals surface area (Å²) in [5, 5.41) is 3.47. The molecule has 7 rings (SSSR count). The van der Waals surface area contributed by atoms with Crippen molar-refractivity contribution in [3.05, 3.63) is 23.8 Å². The highest BCUT2D eigenvalue weighted by Crippen LogP contribution is 2.51. The Bertz CT molecular complexity index is 1030. The van der Waals surface area contributed by atoms with Gasteiger partial charge in [0, 0.05) is 29.9 Å². The van der Waals surface area contributed by atoms with Gasteiger partial charge < -0.3 is 24.3 Å². The Morgan fingerprint density at radius 3 is 2.19 bits per heavy atom. The first-order chi connectivity index (χ1) is 17.2. The minimum atomic E-state index is -0.417. The number of carbonyl (C=O) groups excluding carboxylic acids is 1. The number of piperidine rings is 1. The van der Waals surface area contributed by atoms with Gasteiger partial charge in [0.05, 0.1) is 29.8 Å². The summed E-state index contributed by atoms with van der Waals surface area (Å²) in [5.74, 6) is 0.318. The Hall–Kier alpha value is -1.45. The van der Waals surface area contributed by atoms with Crippen LogP contribution in [0.3, 0.4) is 0 Å². The first-order valence-corrected chi connectivity index (χ1v) is 14.1. The van der Waals surface area contributed by atoms with E-state index < -0.39 is 12.5 Å². The van der Waals surface area contributed by atoms with E-state index in [-0.39, 0.29) is 17.2 Å². The van der Waals surface area contributed by atoms with E-state index in [0.717, 1.165) is 63.1 Å². The van der Waals surface area contributed by atoms with Crippen molar-refractivity contribution in [3.8, 4) is 0 Å². The highest BCUT2D eigenvalue weighted by Gasteiger charge is 2.57. The Balaban J connectivity index is 1.19. The van der Waals surface area contributed by atoms with Crippen LogP contribution in [0.1, 0.15) is 71.8 Å². The Labute approximate surface area is 215 Å². The van der Waals surface area contributed by atoms with Gasteiger partial charge in [-0.05, 0) is 96.4 Å². The molecule has 36 heavy (non-hydrogen) atoms. The van der Waals surface area contributed by atoms with Crippen LogP contribution in [0, 0.1) is 0 Å². The maximum atomic E-state index is 14.2. The summed E-state index contributed by atoms with van der Waals surface area (Å²) in [6.07, 6.45) is 6.38. The van der Waals surface area contributed by atoms with Crippen LogP contribution in [-0.2, 0) is 24.3 Å². The number of carbonyl (C=O) groups is 1. The lowest BCUT2D eigenvalue weighted by Crippen LogP contribution is -2.61. The topological polar surface area (TPSA) is 63.3 Å². The fraction of sp³-hybridized carbons (Fsp3) is 0.750. The van der Waals surface area contributed by atoms with Crippen LogP contribution in [-0.4, -0.2) is 79.6 Å². The lowest BCUT2D eigenvalue weighted by molar-refractivity contribution is -0.125. The third-order valence-electron chi connectivity index (χ3n) is 10.6. The minimum Gasteiger partial charge on any atom is -0.399 e. The number of anilines is 1. The summed E-state index contributed by atoms with van der Waals surface area (Å²) >= 11 is 0. The van der Waals surface area contributed by atoms with Gasteiger partial charge in [-0.15, -0.1) is 0 Å². The van der Waals surface area contributed by atoms with Crippen LogP contribution in [0.15, 0.2) is 18.2 Å². The van der Waals surface area contributed by atoms with Gasteiger partial charge in [0.25, 0.3) is 0 Å². The monoisotopic (exact) mass is 493 g/mol. The van der Waals surface area contributed by atoms with Crippen molar-refractivity contribution in [3.63, 3.8) is 0 Å². The summed E-state index contributed by atoms with van der Waals surface area (Å²) in [6, 6.07) is 8.53. The summed E-state index contributed by atoms with van der Waals surface area (Å²) in [6.45, 7) is 11.9. The molecule has 0 aromatic heterocycles. The highest BCUT2D eigenvalue weighted by atomic mass is 16.7. The van der Waals surface area contributed by atoms with Crippen molar-refractivity contribution in [2.24, 2.45) is 0 Å². The molecule has 2 bridgehead atoms. The zero-order valence-electron chi connectivity index (χ0n) is 22.2. The van der Waals surface area contributed by atoms with Crippen molar-refractivity contribution in [2.75, 3.05) is 31.2 Å². The molecule has 194 valence electrons. The van der Waals surface area contributed by atoms with Gasteiger partial charge in [-0.2, -0.15) is 0 Å². The molecule has 6 aliphatic rings. The average Bonchev–Trinajstić information content (AvgIpc) is 3.28. The summed E-state index contributed by atoms with van der Waals surface area (Å²) in [5.41, 5.74) is 2.16. The molecule has 1 aromatic rings. The molecule has 5 fully saturated rings. The molecule has 5 aliphatic heterocycles. The number of nitrogens with zero attached hydrogens (tertiary/aromatic N) is 2. The van der Waals surface area contributed by atoms with Gasteiger partial charge >= 0.3 is 7.12 Å². The number of morpholine rings is 1. The fourth-order valence-electron chi connectivity index (χ4n) is 7.70. The first kappa shape index (κ1) is 23.7. The minimum absolute atomic E-state index is 0.270. The van der Waals surface area contributed by atoms with Crippen molar-refractivity contribution in [1.29, 1.82) is 0 Å². The molecule has 0 radical (unpaired) electrons. The van der Waals surface area contributed by atoms with Gasteiger partial charge in [-0.1, -0.05) is 12.1 Å². The van der Waals surface area contributed by atoms with E-state index in [1.54, 1.807) is 0 Å². The number of ether oxygens (including phenoxy) is 1. The molecule has 2 unspecified atom stereocenters. The molecule has 5 heterocycles. The van der Waals surface area contributed by atoms with Gasteiger partial charge in [0.1, 0.15) is 0 Å². The van der Waals surface area contributed by atoms with Crippen molar-refractivity contribution >= 4 is 24.2 Å². The maximum absolute atomic E-state index is 14.2. The van der Waals surface area contributed by atoms with E-state index in [1.165, 1.54) is 18.4 Å². The van der Waals surface area contributed by atoms with Crippen molar-refractivity contribution in [2.45, 2.75) is 107 Å². The molecule has 8 heteroatoms. The molecular formula is C28H40BN3O4. The molecule has 4 saturated heterocycles. The van der Waals surface area contributed by atoms with Crippen LogP contribution in [0.25, 0.3) is 0 Å². The van der Waals surface area contributed by atoms with Crippen molar-refractivity contribution in [1.82, 2.24) is 10.2 Å². The van der Waals surface area contributed by atoms with E-state index in [2.05, 4.69) is 61.0 Å². The van der Waals surface area contributed by atoms with Gasteiger partial charge in [-0.25, -0.2) is 0 Å². The average molecular weight is 493 g/mol. The number of rotatable bonds is 3. The standard InChI is InChI=1S/C28H40BN3O4/c1-26(2)27(3,4)36-29(35-26)18-5-8-23-24(13-18)32(25(33)28(23)9-11-30-12-10-28)22-14-21(15-22)31-19-6-7-20(31)17-34-16-19/h5,8,13,19-22,30H,6-7,9-12,14-17H2,1-4H3. The molecular weight excluding hydrogens is 453 g/mol. The number of benzene rings is 1. The normalized spacial score (nSPS) is 36.4. The molecule has 1 aliphatic carbocycles. The quantitative estimate of drug-likeness (QED) is 0.653. The molecule has 7 nitrogen and oxygen atoms in total. The molecule has 1 amide bonds. The predicted octanol–water partition coefficient (Wildman–Crippen LogP) is 2.35. The van der Waals surface area contributed by atoms with Gasteiger partial charge in [0.2, 0.25) is 5.91 Å². The molecule has 2 atom stereocenters. The maximum Gasteiger partial charge on any atom is 0.494 e. The Morgan fingerprint density at radius 1 is 0.917 bits per heavy atom. The van der Waals surface area contributed by atoms with Crippen LogP contribution in [0.4, 0.5) is 5.69 Å². The molecule has 1 spiro atoms. The van der Waals surface area contributed by atoms with Crippen LogP contribution in [0.5, 0.6) is 0 Å². The third-order valence-corrected chi connectivity index (χ3v) is 10.6. The first-order valence-electron chi connectivity index (χ1n) is 14.1. The number of amides is 1. The second kappa shape index (κ2) is 8.03. The van der Waals surface area contributed by atoms with E-state index in [1.807, 2.05) is 0 Å². The van der Waals surface area contributed by atoms with E-state index in [9.17, 15) is 4.79 Å². The summed E-state index contributed by atoms with van der Waals surface area (Å²) in [7, 11) is -0.417. The molecule has 1 N–H and O–H groups in total. The summed E-state index contributed by atoms with van der Waals surface area (Å²) in [4.78, 5) is 19.2. The summed E-state index contributed by atoms with van der Waals surface area (Å²) < 4.78 is 18.6. The number of hydrogen-bond acceptors (Lipinski definition) is 6. The predicted molar refractivity (Wildman–Crippen MR) is 140 cm³/mol.